The van der Waals surface area contributed by atoms with Crippen LogP contribution in [0.25, 0.3) is 6.08 Å². The number of rotatable bonds is 5. The lowest BCUT2D eigenvalue weighted by Crippen LogP contribution is -2.29. The highest BCUT2D eigenvalue weighted by molar-refractivity contribution is 6.30. The normalized spacial score (nSPS) is 12.0. The van der Waals surface area contributed by atoms with E-state index < -0.39 is 18.0 Å². The molecule has 0 spiro atoms. The van der Waals surface area contributed by atoms with E-state index in [1.54, 1.807) is 42.5 Å². The fourth-order valence-corrected chi connectivity index (χ4v) is 1.92. The predicted molar refractivity (Wildman–Crippen MR) is 93.9 cm³/mol. The van der Waals surface area contributed by atoms with Crippen molar-refractivity contribution in [3.63, 3.8) is 0 Å². The van der Waals surface area contributed by atoms with Crippen LogP contribution in [0.15, 0.2) is 48.7 Å². The number of halogens is 2. The van der Waals surface area contributed by atoms with Crippen molar-refractivity contribution in [1.82, 2.24) is 4.98 Å². The third kappa shape index (κ3) is 5.68. The summed E-state index contributed by atoms with van der Waals surface area (Å²) in [7, 11) is 0. The first-order valence-corrected chi connectivity index (χ1v) is 7.76. The van der Waals surface area contributed by atoms with Crippen LogP contribution in [0.2, 0.25) is 10.0 Å². The summed E-state index contributed by atoms with van der Waals surface area (Å²) in [6, 6.07) is 10.1. The lowest BCUT2D eigenvalue weighted by molar-refractivity contribution is -0.148. The third-order valence-corrected chi connectivity index (χ3v) is 3.40. The summed E-state index contributed by atoms with van der Waals surface area (Å²) in [4.78, 5) is 27.6. The molecule has 1 heterocycles. The summed E-state index contributed by atoms with van der Waals surface area (Å²) < 4.78 is 5.04. The molecule has 1 aromatic carbocycles. The largest absolute Gasteiger partial charge is 0.449 e. The Morgan fingerprint density at radius 1 is 1.12 bits per heavy atom. The number of benzene rings is 1. The number of hydrogen-bond donors (Lipinski definition) is 1. The van der Waals surface area contributed by atoms with E-state index in [1.165, 1.54) is 19.2 Å². The van der Waals surface area contributed by atoms with E-state index in [0.29, 0.717) is 15.9 Å². The van der Waals surface area contributed by atoms with Gasteiger partial charge in [-0.1, -0.05) is 35.3 Å². The number of anilines is 1. The van der Waals surface area contributed by atoms with Gasteiger partial charge in [-0.3, -0.25) is 4.79 Å². The minimum atomic E-state index is -0.968. The van der Waals surface area contributed by atoms with Gasteiger partial charge in [0.15, 0.2) is 6.10 Å². The average Bonchev–Trinajstić information content (AvgIpc) is 2.56. The zero-order chi connectivity index (χ0) is 17.5. The van der Waals surface area contributed by atoms with Gasteiger partial charge in [0.25, 0.3) is 5.91 Å². The molecular formula is C17H14Cl2N2O3. The molecule has 0 radical (unpaired) electrons. The second-order valence-electron chi connectivity index (χ2n) is 4.81. The summed E-state index contributed by atoms with van der Waals surface area (Å²) in [5.41, 5.74) is 0.791. The Kier molecular flexibility index (Phi) is 6.35. The molecule has 0 bridgehead atoms. The number of aromatic nitrogens is 1. The molecule has 0 saturated heterocycles. The number of hydrogen-bond acceptors (Lipinski definition) is 4. The molecule has 5 nitrogen and oxygen atoms in total. The standard InChI is InChI=1S/C17H14Cl2N2O3/c1-11(17(23)21-15-8-7-14(19)10-20-15)24-16(22)9-4-12-2-5-13(18)6-3-12/h2-11H,1H3,(H,20,21,23)/b9-4+/t11-/m0/s1. The Morgan fingerprint density at radius 2 is 1.79 bits per heavy atom. The van der Waals surface area contributed by atoms with Gasteiger partial charge in [-0.05, 0) is 42.8 Å². The maximum Gasteiger partial charge on any atom is 0.331 e. The zero-order valence-electron chi connectivity index (χ0n) is 12.7. The molecule has 1 N–H and O–H groups in total. The van der Waals surface area contributed by atoms with Crippen molar-refractivity contribution in [3.8, 4) is 0 Å². The van der Waals surface area contributed by atoms with E-state index in [9.17, 15) is 9.59 Å². The minimum absolute atomic E-state index is 0.323. The molecule has 1 aromatic heterocycles. The van der Waals surface area contributed by atoms with Gasteiger partial charge >= 0.3 is 5.97 Å². The Balaban J connectivity index is 1.87. The summed E-state index contributed by atoms with van der Waals surface area (Å²) in [6.45, 7) is 1.47. The first-order valence-electron chi connectivity index (χ1n) is 7.01. The maximum absolute atomic E-state index is 11.9. The number of nitrogens with zero attached hydrogens (tertiary/aromatic N) is 1. The van der Waals surface area contributed by atoms with Crippen molar-refractivity contribution in [2.24, 2.45) is 0 Å². The van der Waals surface area contributed by atoms with Gasteiger partial charge in [-0.25, -0.2) is 9.78 Å². The van der Waals surface area contributed by atoms with Crippen molar-refractivity contribution >= 4 is 47.0 Å². The van der Waals surface area contributed by atoms with Crippen molar-refractivity contribution in [1.29, 1.82) is 0 Å². The van der Waals surface area contributed by atoms with Crippen molar-refractivity contribution < 1.29 is 14.3 Å². The van der Waals surface area contributed by atoms with Gasteiger partial charge in [0.05, 0.1) is 5.02 Å². The monoisotopic (exact) mass is 364 g/mol. The van der Waals surface area contributed by atoms with Crippen molar-refractivity contribution in [2.75, 3.05) is 5.32 Å². The van der Waals surface area contributed by atoms with E-state index in [0.717, 1.165) is 5.56 Å². The van der Waals surface area contributed by atoms with E-state index >= 15 is 0 Å². The molecule has 0 saturated carbocycles. The molecule has 2 rings (SSSR count). The van der Waals surface area contributed by atoms with Crippen molar-refractivity contribution in [3.05, 3.63) is 64.3 Å². The van der Waals surface area contributed by atoms with Gasteiger partial charge in [-0.15, -0.1) is 0 Å². The van der Waals surface area contributed by atoms with Gasteiger partial charge in [0.1, 0.15) is 5.82 Å². The molecule has 0 unspecified atom stereocenters. The lowest BCUT2D eigenvalue weighted by atomic mass is 10.2. The third-order valence-electron chi connectivity index (χ3n) is 2.92. The van der Waals surface area contributed by atoms with Crippen LogP contribution in [0.1, 0.15) is 12.5 Å². The number of carbonyl (C=O) groups is 2. The maximum atomic E-state index is 11.9. The van der Waals surface area contributed by atoms with Crippen LogP contribution >= 0.6 is 23.2 Å². The number of pyridine rings is 1. The molecule has 7 heteroatoms. The highest BCUT2D eigenvalue weighted by Crippen LogP contribution is 2.12. The van der Waals surface area contributed by atoms with E-state index in [2.05, 4.69) is 10.3 Å². The molecule has 1 atom stereocenters. The lowest BCUT2D eigenvalue weighted by Gasteiger charge is -2.11. The fraction of sp³-hybridized carbons (Fsp3) is 0.118. The number of amides is 1. The highest BCUT2D eigenvalue weighted by atomic mass is 35.5. The Morgan fingerprint density at radius 3 is 2.42 bits per heavy atom. The second kappa shape index (κ2) is 8.47. The number of nitrogens with one attached hydrogen (secondary N) is 1. The zero-order valence-corrected chi connectivity index (χ0v) is 14.2. The van der Waals surface area contributed by atoms with Crippen LogP contribution in [-0.2, 0) is 14.3 Å². The first-order chi connectivity index (χ1) is 11.4. The summed E-state index contributed by atoms with van der Waals surface area (Å²) in [6.07, 6.45) is 3.25. The van der Waals surface area contributed by atoms with Crippen LogP contribution in [0.3, 0.4) is 0 Å². The first kappa shape index (κ1) is 18.0. The smallest absolute Gasteiger partial charge is 0.331 e. The average molecular weight is 365 g/mol. The molecular weight excluding hydrogens is 351 g/mol. The number of esters is 1. The molecule has 0 aliphatic carbocycles. The number of ether oxygens (including phenoxy) is 1. The van der Waals surface area contributed by atoms with Crippen LogP contribution < -0.4 is 5.32 Å². The topological polar surface area (TPSA) is 68.3 Å². The Hall–Kier alpha value is -2.37. The molecule has 2 aromatic rings. The van der Waals surface area contributed by atoms with E-state index in [4.69, 9.17) is 27.9 Å². The Labute approximate surface area is 149 Å². The van der Waals surface area contributed by atoms with Crippen LogP contribution in [0.5, 0.6) is 0 Å². The van der Waals surface area contributed by atoms with Crippen molar-refractivity contribution in [2.45, 2.75) is 13.0 Å². The molecule has 0 aliphatic rings. The van der Waals surface area contributed by atoms with Gasteiger partial charge < -0.3 is 10.1 Å². The van der Waals surface area contributed by atoms with E-state index in [-0.39, 0.29) is 0 Å². The summed E-state index contributed by atoms with van der Waals surface area (Å²) in [5.74, 6) is -0.793. The van der Waals surface area contributed by atoms with Gasteiger partial charge in [-0.2, -0.15) is 0 Å². The second-order valence-corrected chi connectivity index (χ2v) is 5.69. The summed E-state index contributed by atoms with van der Waals surface area (Å²) >= 11 is 11.5. The Bertz CT molecular complexity index is 743. The quantitative estimate of drug-likeness (QED) is 0.643. The molecule has 124 valence electrons. The van der Waals surface area contributed by atoms with Gasteiger partial charge in [0, 0.05) is 17.3 Å². The fourth-order valence-electron chi connectivity index (χ4n) is 1.68. The van der Waals surface area contributed by atoms with Crippen LogP contribution in [-0.4, -0.2) is 23.0 Å². The van der Waals surface area contributed by atoms with Crippen LogP contribution in [0.4, 0.5) is 5.82 Å². The van der Waals surface area contributed by atoms with E-state index in [1.807, 2.05) is 0 Å². The minimum Gasteiger partial charge on any atom is -0.449 e. The van der Waals surface area contributed by atoms with Gasteiger partial charge in [0.2, 0.25) is 0 Å². The molecule has 24 heavy (non-hydrogen) atoms. The summed E-state index contributed by atoms with van der Waals surface area (Å²) in [5, 5.41) is 3.60. The molecule has 1 amide bonds. The SMILES string of the molecule is C[C@H](OC(=O)/C=C/c1ccc(Cl)cc1)C(=O)Nc1ccc(Cl)cn1. The highest BCUT2D eigenvalue weighted by Gasteiger charge is 2.17. The number of carbonyl (C=O) groups excluding carboxylic acids is 2. The van der Waals surface area contributed by atoms with Crippen LogP contribution in [0, 0.1) is 0 Å². The molecule has 0 fully saturated rings. The molecule has 0 aliphatic heterocycles. The predicted octanol–water partition coefficient (Wildman–Crippen LogP) is 3.97.